The van der Waals surface area contributed by atoms with Gasteiger partial charge >= 0.3 is 13.2 Å². The van der Waals surface area contributed by atoms with Gasteiger partial charge in [-0.15, -0.1) is 0 Å². The lowest BCUT2D eigenvalue weighted by atomic mass is 9.76. The van der Waals surface area contributed by atoms with Crippen LogP contribution in [0.1, 0.15) is 18.4 Å². The number of rotatable bonds is 7. The van der Waals surface area contributed by atoms with Gasteiger partial charge in [0.05, 0.1) is 12.0 Å². The van der Waals surface area contributed by atoms with Crippen molar-refractivity contribution in [2.24, 2.45) is 0 Å². The number of ether oxygens (including phenoxy) is 1. The molecule has 134 valence electrons. The average molecular weight is 346 g/mol. The molecule has 3 N–H and O–H groups in total. The number of benzene rings is 1. The molecule has 0 radical (unpaired) electrons. The van der Waals surface area contributed by atoms with E-state index in [0.717, 1.165) is 18.4 Å². The second-order valence-electron chi connectivity index (χ2n) is 5.98. The van der Waals surface area contributed by atoms with Crippen molar-refractivity contribution in [3.8, 4) is 0 Å². The molecule has 0 spiro atoms. The van der Waals surface area contributed by atoms with Gasteiger partial charge in [0.2, 0.25) is 5.91 Å². The Hall–Kier alpha value is -2.32. The summed E-state index contributed by atoms with van der Waals surface area (Å²) < 4.78 is 5.17. The smallest absolute Gasteiger partial charge is 0.447 e. The Morgan fingerprint density at radius 1 is 1.40 bits per heavy atom. The van der Waals surface area contributed by atoms with Gasteiger partial charge in [-0.05, 0) is 30.9 Å². The quantitative estimate of drug-likeness (QED) is 0.494. The molecule has 1 heterocycles. The molecule has 1 unspecified atom stereocenters. The summed E-state index contributed by atoms with van der Waals surface area (Å²) in [5.74, 6) is -1.07. The molecule has 2 atom stereocenters. The molecular formula is C17H23BN2O5. The molecule has 1 aliphatic rings. The molecule has 1 saturated heterocycles. The standard InChI is InChI=1S/C17H23BN2O5/c1-2-16(21)20-10-6-9-14(20)12-25-17(22)19-15(18(23)24)11-13-7-4-3-5-8-13/h2-5,7-8,14-15,23-24H,1,6,9-12H2,(H,19,22)/t14-,15?/m1/s1. The van der Waals surface area contributed by atoms with E-state index in [4.69, 9.17) is 4.74 Å². The van der Waals surface area contributed by atoms with Crippen molar-refractivity contribution in [2.45, 2.75) is 31.2 Å². The molecule has 7 nitrogen and oxygen atoms in total. The molecular weight excluding hydrogens is 323 g/mol. The Morgan fingerprint density at radius 3 is 2.76 bits per heavy atom. The van der Waals surface area contributed by atoms with Crippen LogP contribution in [0.25, 0.3) is 0 Å². The number of nitrogens with one attached hydrogen (secondary N) is 1. The summed E-state index contributed by atoms with van der Waals surface area (Å²) in [5, 5.41) is 21.4. The number of likely N-dealkylation sites (tertiary alicyclic amines) is 1. The number of nitrogens with zero attached hydrogens (tertiary/aromatic N) is 1. The van der Waals surface area contributed by atoms with Crippen molar-refractivity contribution in [3.63, 3.8) is 0 Å². The van der Waals surface area contributed by atoms with Crippen LogP contribution in [0.15, 0.2) is 43.0 Å². The molecule has 1 aromatic rings. The van der Waals surface area contributed by atoms with Gasteiger partial charge < -0.3 is 25.0 Å². The first-order valence-electron chi connectivity index (χ1n) is 8.27. The minimum atomic E-state index is -1.71. The number of carbonyl (C=O) groups excluding carboxylic acids is 2. The van der Waals surface area contributed by atoms with Crippen LogP contribution >= 0.6 is 0 Å². The highest BCUT2D eigenvalue weighted by Gasteiger charge is 2.30. The fraction of sp³-hybridized carbons (Fsp3) is 0.412. The van der Waals surface area contributed by atoms with Crippen LogP contribution in [0.2, 0.25) is 0 Å². The first kappa shape index (κ1) is 19.0. The van der Waals surface area contributed by atoms with Crippen molar-refractivity contribution < 1.29 is 24.4 Å². The predicted molar refractivity (Wildman–Crippen MR) is 93.5 cm³/mol. The number of hydrogen-bond donors (Lipinski definition) is 3. The van der Waals surface area contributed by atoms with Gasteiger partial charge in [-0.2, -0.15) is 0 Å². The topological polar surface area (TPSA) is 99.1 Å². The van der Waals surface area contributed by atoms with Crippen LogP contribution in [0.5, 0.6) is 0 Å². The van der Waals surface area contributed by atoms with Crippen LogP contribution in [0.4, 0.5) is 4.79 Å². The summed E-state index contributed by atoms with van der Waals surface area (Å²) in [7, 11) is -1.71. The van der Waals surface area contributed by atoms with Gasteiger partial charge in [0.15, 0.2) is 0 Å². The Kier molecular flexibility index (Phi) is 7.03. The molecule has 0 bridgehead atoms. The molecule has 8 heteroatoms. The summed E-state index contributed by atoms with van der Waals surface area (Å²) in [6, 6.07) is 9.01. The fourth-order valence-electron chi connectivity index (χ4n) is 2.88. The SMILES string of the molecule is C=CC(=O)N1CCC[C@@H]1COC(=O)NC(Cc1ccccc1)B(O)O. The van der Waals surface area contributed by atoms with E-state index in [2.05, 4.69) is 11.9 Å². The summed E-state index contributed by atoms with van der Waals surface area (Å²) >= 11 is 0. The van der Waals surface area contributed by atoms with E-state index in [0.29, 0.717) is 6.54 Å². The monoisotopic (exact) mass is 346 g/mol. The number of carbonyl (C=O) groups is 2. The first-order chi connectivity index (χ1) is 12.0. The highest BCUT2D eigenvalue weighted by Crippen LogP contribution is 2.18. The van der Waals surface area contributed by atoms with Crippen molar-refractivity contribution >= 4 is 19.1 Å². The Balaban J connectivity index is 1.84. The minimum absolute atomic E-state index is 0.0605. The van der Waals surface area contributed by atoms with Gasteiger partial charge in [0.25, 0.3) is 0 Å². The number of alkyl carbamates (subject to hydrolysis) is 1. The Bertz CT molecular complexity index is 596. The maximum absolute atomic E-state index is 12.0. The third kappa shape index (κ3) is 5.61. The zero-order valence-electron chi connectivity index (χ0n) is 14.0. The van der Waals surface area contributed by atoms with Crippen LogP contribution in [-0.4, -0.2) is 59.2 Å². The van der Waals surface area contributed by atoms with Crippen LogP contribution in [0.3, 0.4) is 0 Å². The van der Waals surface area contributed by atoms with E-state index in [1.54, 1.807) is 4.90 Å². The third-order valence-corrected chi connectivity index (χ3v) is 4.20. The molecule has 0 saturated carbocycles. The fourth-order valence-corrected chi connectivity index (χ4v) is 2.88. The highest BCUT2D eigenvalue weighted by molar-refractivity contribution is 6.43. The highest BCUT2D eigenvalue weighted by atomic mass is 16.5. The summed E-state index contributed by atoms with van der Waals surface area (Å²) in [5.41, 5.74) is 0.861. The van der Waals surface area contributed by atoms with E-state index in [-0.39, 0.29) is 25.0 Å². The molecule has 0 aromatic heterocycles. The van der Waals surface area contributed by atoms with E-state index < -0.39 is 19.2 Å². The summed E-state index contributed by atoms with van der Waals surface area (Å²) in [6.45, 7) is 4.14. The predicted octanol–water partition coefficient (Wildman–Crippen LogP) is 0.513. The zero-order chi connectivity index (χ0) is 18.2. The summed E-state index contributed by atoms with van der Waals surface area (Å²) in [4.78, 5) is 25.3. The molecule has 25 heavy (non-hydrogen) atoms. The lowest BCUT2D eigenvalue weighted by Gasteiger charge is -2.24. The van der Waals surface area contributed by atoms with Crippen LogP contribution in [-0.2, 0) is 16.0 Å². The third-order valence-electron chi connectivity index (χ3n) is 4.20. The van der Waals surface area contributed by atoms with Crippen LogP contribution in [0, 0.1) is 0 Å². The number of hydrogen-bond acceptors (Lipinski definition) is 5. The van der Waals surface area contributed by atoms with Crippen molar-refractivity contribution in [2.75, 3.05) is 13.2 Å². The minimum Gasteiger partial charge on any atom is -0.447 e. The molecule has 1 aromatic carbocycles. The average Bonchev–Trinajstić information content (AvgIpc) is 3.08. The molecule has 2 amide bonds. The van der Waals surface area contributed by atoms with E-state index in [1.807, 2.05) is 30.3 Å². The van der Waals surface area contributed by atoms with Crippen LogP contribution < -0.4 is 5.32 Å². The van der Waals surface area contributed by atoms with Crippen molar-refractivity contribution in [3.05, 3.63) is 48.6 Å². The maximum atomic E-state index is 12.0. The molecule has 2 rings (SSSR count). The van der Waals surface area contributed by atoms with Gasteiger partial charge in [0.1, 0.15) is 6.61 Å². The van der Waals surface area contributed by atoms with Gasteiger partial charge in [-0.25, -0.2) is 4.79 Å². The second kappa shape index (κ2) is 9.24. The Labute approximate surface area is 147 Å². The molecule has 1 aliphatic heterocycles. The second-order valence-corrected chi connectivity index (χ2v) is 5.98. The van der Waals surface area contributed by atoms with E-state index >= 15 is 0 Å². The normalized spacial score (nSPS) is 17.7. The van der Waals surface area contributed by atoms with Gasteiger partial charge in [0, 0.05) is 6.54 Å². The van der Waals surface area contributed by atoms with Gasteiger partial charge in [-0.1, -0.05) is 36.9 Å². The Morgan fingerprint density at radius 2 is 2.12 bits per heavy atom. The van der Waals surface area contributed by atoms with Crippen molar-refractivity contribution in [1.82, 2.24) is 10.2 Å². The lowest BCUT2D eigenvalue weighted by Crippen LogP contribution is -2.48. The maximum Gasteiger partial charge on any atom is 0.475 e. The largest absolute Gasteiger partial charge is 0.475 e. The number of amides is 2. The lowest BCUT2D eigenvalue weighted by molar-refractivity contribution is -0.127. The molecule has 1 fully saturated rings. The van der Waals surface area contributed by atoms with Gasteiger partial charge in [-0.3, -0.25) is 4.79 Å². The van der Waals surface area contributed by atoms with E-state index in [1.165, 1.54) is 6.08 Å². The van der Waals surface area contributed by atoms with Crippen molar-refractivity contribution in [1.29, 1.82) is 0 Å². The first-order valence-corrected chi connectivity index (χ1v) is 8.27. The molecule has 0 aliphatic carbocycles. The summed E-state index contributed by atoms with van der Waals surface area (Å²) in [6.07, 6.45) is 2.37. The van der Waals surface area contributed by atoms with E-state index in [9.17, 15) is 19.6 Å². The zero-order valence-corrected chi connectivity index (χ0v) is 14.0.